The van der Waals surface area contributed by atoms with Crippen LogP contribution in [0.2, 0.25) is 0 Å². The highest BCUT2D eigenvalue weighted by atomic mass is 32.1. The lowest BCUT2D eigenvalue weighted by molar-refractivity contribution is -0.137. The number of benzene rings is 1. The molecule has 0 spiro atoms. The second kappa shape index (κ2) is 6.32. The molecule has 0 amide bonds. The lowest BCUT2D eigenvalue weighted by atomic mass is 10.0. The maximum atomic E-state index is 12.7. The van der Waals surface area contributed by atoms with Gasteiger partial charge in [-0.3, -0.25) is 0 Å². The van der Waals surface area contributed by atoms with E-state index in [9.17, 15) is 13.2 Å². The Labute approximate surface area is 119 Å². The minimum absolute atomic E-state index is 0.123. The van der Waals surface area contributed by atoms with E-state index in [4.69, 9.17) is 0 Å². The van der Waals surface area contributed by atoms with E-state index in [1.807, 2.05) is 6.92 Å². The highest BCUT2D eigenvalue weighted by Gasteiger charge is 2.30. The molecule has 20 heavy (non-hydrogen) atoms. The van der Waals surface area contributed by atoms with Gasteiger partial charge in [0.05, 0.1) is 35.2 Å². The molecule has 1 aromatic heterocycles. The first-order chi connectivity index (χ1) is 9.50. The van der Waals surface area contributed by atoms with Gasteiger partial charge in [-0.25, -0.2) is 0 Å². The number of alkyl halides is 3. The van der Waals surface area contributed by atoms with E-state index in [2.05, 4.69) is 14.1 Å². The third-order valence-corrected chi connectivity index (χ3v) is 3.37. The standard InChI is InChI=1S/C13H14F3N3S/c1-2-17-11(12-8-18-20-19-12)7-9-4-3-5-10(6-9)13(14,15)16/h3-6,8,11,17H,2,7H2,1H3. The van der Waals surface area contributed by atoms with Crippen LogP contribution >= 0.6 is 11.7 Å². The summed E-state index contributed by atoms with van der Waals surface area (Å²) in [7, 11) is 0. The molecule has 0 saturated carbocycles. The topological polar surface area (TPSA) is 37.8 Å². The third-order valence-electron chi connectivity index (χ3n) is 2.88. The number of hydrogen-bond acceptors (Lipinski definition) is 4. The molecular formula is C13H14F3N3S. The Morgan fingerprint density at radius 2 is 2.15 bits per heavy atom. The molecule has 1 heterocycles. The van der Waals surface area contributed by atoms with Crippen molar-refractivity contribution in [1.29, 1.82) is 0 Å². The predicted octanol–water partition coefficient (Wildman–Crippen LogP) is 3.45. The Hall–Kier alpha value is -1.47. The van der Waals surface area contributed by atoms with Crippen LogP contribution in [-0.4, -0.2) is 15.3 Å². The largest absolute Gasteiger partial charge is 0.416 e. The lowest BCUT2D eigenvalue weighted by Crippen LogP contribution is -2.23. The molecule has 0 fully saturated rings. The lowest BCUT2D eigenvalue weighted by Gasteiger charge is -2.16. The summed E-state index contributed by atoms with van der Waals surface area (Å²) < 4.78 is 46.2. The Morgan fingerprint density at radius 3 is 2.75 bits per heavy atom. The molecule has 0 bridgehead atoms. The van der Waals surface area contributed by atoms with Crippen molar-refractivity contribution in [2.24, 2.45) is 0 Å². The van der Waals surface area contributed by atoms with E-state index in [1.165, 1.54) is 12.1 Å². The monoisotopic (exact) mass is 301 g/mol. The molecule has 0 aliphatic rings. The molecule has 3 nitrogen and oxygen atoms in total. The smallest absolute Gasteiger partial charge is 0.309 e. The maximum Gasteiger partial charge on any atom is 0.416 e. The first kappa shape index (κ1) is 14.9. The van der Waals surface area contributed by atoms with Crippen molar-refractivity contribution in [2.75, 3.05) is 6.54 Å². The molecule has 0 aliphatic heterocycles. The molecule has 0 radical (unpaired) electrons. The number of rotatable bonds is 5. The van der Waals surface area contributed by atoms with Crippen LogP contribution in [0.4, 0.5) is 13.2 Å². The van der Waals surface area contributed by atoms with Crippen molar-refractivity contribution in [2.45, 2.75) is 25.6 Å². The normalized spacial score (nSPS) is 13.4. The minimum atomic E-state index is -4.31. The van der Waals surface area contributed by atoms with Crippen LogP contribution in [-0.2, 0) is 12.6 Å². The van der Waals surface area contributed by atoms with Gasteiger partial charge in [0.25, 0.3) is 0 Å². The van der Waals surface area contributed by atoms with Crippen molar-refractivity contribution in [1.82, 2.24) is 14.1 Å². The maximum absolute atomic E-state index is 12.7. The summed E-state index contributed by atoms with van der Waals surface area (Å²) in [6, 6.07) is 5.27. The van der Waals surface area contributed by atoms with E-state index in [1.54, 1.807) is 12.3 Å². The molecule has 2 rings (SSSR count). The van der Waals surface area contributed by atoms with Gasteiger partial charge in [0.2, 0.25) is 0 Å². The second-order valence-electron chi connectivity index (χ2n) is 4.34. The van der Waals surface area contributed by atoms with E-state index in [0.717, 1.165) is 23.5 Å². The summed E-state index contributed by atoms with van der Waals surface area (Å²) in [4.78, 5) is 0. The summed E-state index contributed by atoms with van der Waals surface area (Å²) in [5.41, 5.74) is 0.759. The van der Waals surface area contributed by atoms with Gasteiger partial charge in [-0.05, 0) is 24.6 Å². The van der Waals surface area contributed by atoms with Gasteiger partial charge in [0, 0.05) is 0 Å². The van der Waals surface area contributed by atoms with Crippen molar-refractivity contribution in [3.8, 4) is 0 Å². The van der Waals surface area contributed by atoms with Crippen LogP contribution in [0.25, 0.3) is 0 Å². The quantitative estimate of drug-likeness (QED) is 0.919. The highest BCUT2D eigenvalue weighted by molar-refractivity contribution is 6.99. The fraction of sp³-hybridized carbons (Fsp3) is 0.385. The Balaban J connectivity index is 2.19. The van der Waals surface area contributed by atoms with Crippen LogP contribution in [0.5, 0.6) is 0 Å². The predicted molar refractivity (Wildman–Crippen MR) is 71.5 cm³/mol. The molecule has 1 atom stereocenters. The van der Waals surface area contributed by atoms with Crippen molar-refractivity contribution < 1.29 is 13.2 Å². The second-order valence-corrected chi connectivity index (χ2v) is 4.90. The van der Waals surface area contributed by atoms with Crippen LogP contribution < -0.4 is 5.32 Å². The molecular weight excluding hydrogens is 287 g/mol. The Kier molecular flexibility index (Phi) is 4.72. The number of halogens is 3. The zero-order chi connectivity index (χ0) is 14.6. The summed E-state index contributed by atoms with van der Waals surface area (Å²) in [5, 5.41) is 3.21. The molecule has 2 aromatic rings. The summed E-state index contributed by atoms with van der Waals surface area (Å²) in [6.07, 6.45) is -2.22. The summed E-state index contributed by atoms with van der Waals surface area (Å²) in [5.74, 6) is 0. The zero-order valence-corrected chi connectivity index (χ0v) is 11.6. The molecule has 1 unspecified atom stereocenters. The van der Waals surface area contributed by atoms with Crippen molar-refractivity contribution in [3.05, 3.63) is 47.3 Å². The fourth-order valence-electron chi connectivity index (χ4n) is 1.96. The van der Waals surface area contributed by atoms with Gasteiger partial charge in [-0.15, -0.1) is 0 Å². The van der Waals surface area contributed by atoms with Gasteiger partial charge in [-0.2, -0.15) is 21.9 Å². The molecule has 1 N–H and O–H groups in total. The van der Waals surface area contributed by atoms with E-state index in [0.29, 0.717) is 18.5 Å². The zero-order valence-electron chi connectivity index (χ0n) is 10.8. The number of nitrogens with zero attached hydrogens (tertiary/aromatic N) is 2. The number of nitrogens with one attached hydrogen (secondary N) is 1. The van der Waals surface area contributed by atoms with Crippen LogP contribution in [0.1, 0.15) is 29.8 Å². The van der Waals surface area contributed by atoms with Gasteiger partial charge < -0.3 is 5.32 Å². The summed E-state index contributed by atoms with van der Waals surface area (Å²) >= 11 is 1.09. The van der Waals surface area contributed by atoms with Crippen LogP contribution in [0.15, 0.2) is 30.5 Å². The SMILES string of the molecule is CCNC(Cc1cccc(C(F)(F)F)c1)c1cnsn1. The van der Waals surface area contributed by atoms with Gasteiger partial charge in [0.1, 0.15) is 0 Å². The first-order valence-corrected chi connectivity index (χ1v) is 6.90. The van der Waals surface area contributed by atoms with Crippen molar-refractivity contribution >= 4 is 11.7 Å². The molecule has 7 heteroatoms. The van der Waals surface area contributed by atoms with E-state index in [-0.39, 0.29) is 6.04 Å². The number of aromatic nitrogens is 2. The Morgan fingerprint density at radius 1 is 1.35 bits per heavy atom. The molecule has 108 valence electrons. The average Bonchev–Trinajstić information content (AvgIpc) is 2.91. The molecule has 1 aromatic carbocycles. The highest BCUT2D eigenvalue weighted by Crippen LogP contribution is 2.30. The van der Waals surface area contributed by atoms with Crippen molar-refractivity contribution in [3.63, 3.8) is 0 Å². The fourth-order valence-corrected chi connectivity index (χ4v) is 2.43. The number of likely N-dealkylation sites (N-methyl/N-ethyl adjacent to an activating group) is 1. The van der Waals surface area contributed by atoms with Gasteiger partial charge in [0.15, 0.2) is 0 Å². The average molecular weight is 301 g/mol. The van der Waals surface area contributed by atoms with Crippen LogP contribution in [0, 0.1) is 0 Å². The molecule has 0 aliphatic carbocycles. The van der Waals surface area contributed by atoms with Gasteiger partial charge in [-0.1, -0.05) is 25.1 Å². The van der Waals surface area contributed by atoms with E-state index >= 15 is 0 Å². The third kappa shape index (κ3) is 3.77. The number of hydrogen-bond donors (Lipinski definition) is 1. The van der Waals surface area contributed by atoms with Crippen LogP contribution in [0.3, 0.4) is 0 Å². The first-order valence-electron chi connectivity index (χ1n) is 6.17. The minimum Gasteiger partial charge on any atom is -0.309 e. The Bertz CT molecular complexity index is 540. The summed E-state index contributed by atoms with van der Waals surface area (Å²) in [6.45, 7) is 2.65. The van der Waals surface area contributed by atoms with E-state index < -0.39 is 11.7 Å². The van der Waals surface area contributed by atoms with Gasteiger partial charge >= 0.3 is 6.18 Å². The molecule has 0 saturated heterocycles.